The smallest absolute Gasteiger partial charge is 0.424 e. The predicted octanol–water partition coefficient (Wildman–Crippen LogP) is 6.59. The van der Waals surface area contributed by atoms with Crippen molar-refractivity contribution in [1.29, 1.82) is 5.26 Å². The average molecular weight is 644 g/mol. The molecule has 1 saturated heterocycles. The number of esters is 1. The fourth-order valence-electron chi connectivity index (χ4n) is 6.70. The molecule has 1 aromatic carbocycles. The largest absolute Gasteiger partial charge is 0.466 e. The summed E-state index contributed by atoms with van der Waals surface area (Å²) in [6.07, 6.45) is 1.63. The molecule has 0 radical (unpaired) electrons. The molecule has 5 atom stereocenters. The van der Waals surface area contributed by atoms with Gasteiger partial charge in [-0.05, 0) is 65.2 Å². The molecule has 45 heavy (non-hydrogen) atoms. The van der Waals surface area contributed by atoms with Crippen LogP contribution >= 0.6 is 0 Å². The molecule has 1 aliphatic heterocycles. The van der Waals surface area contributed by atoms with E-state index in [0.717, 1.165) is 0 Å². The van der Waals surface area contributed by atoms with Crippen LogP contribution < -0.4 is 0 Å². The third-order valence-electron chi connectivity index (χ3n) is 8.73. The highest BCUT2D eigenvalue weighted by molar-refractivity contribution is 7.91. The topological polar surface area (TPSA) is 127 Å². The molecule has 1 saturated carbocycles. The van der Waals surface area contributed by atoms with Gasteiger partial charge in [-0.2, -0.15) is 5.26 Å². The number of nitriles is 1. The molecule has 2 aromatic rings. The molecule has 1 aliphatic carbocycles. The number of halogens is 2. The number of fused-ring (bicyclic) bond motifs is 1. The van der Waals surface area contributed by atoms with Crippen LogP contribution in [-0.4, -0.2) is 58.7 Å². The van der Waals surface area contributed by atoms with Crippen molar-refractivity contribution >= 4 is 28.2 Å². The number of hydrogen-bond donors (Lipinski definition) is 0. The van der Waals surface area contributed by atoms with Crippen LogP contribution in [0, 0.1) is 29.1 Å². The lowest BCUT2D eigenvalue weighted by Gasteiger charge is -2.48. The van der Waals surface area contributed by atoms with Crippen LogP contribution in [0.3, 0.4) is 0 Å². The van der Waals surface area contributed by atoms with Crippen LogP contribution in [0.4, 0.5) is 13.6 Å². The van der Waals surface area contributed by atoms with Crippen molar-refractivity contribution in [3.8, 4) is 17.2 Å². The van der Waals surface area contributed by atoms with Gasteiger partial charge in [0, 0.05) is 42.0 Å². The van der Waals surface area contributed by atoms with Crippen LogP contribution in [0.1, 0.15) is 72.1 Å². The number of aromatic nitrogens is 1. The second kappa shape index (κ2) is 12.5. The van der Waals surface area contributed by atoms with E-state index < -0.39 is 81.4 Å². The van der Waals surface area contributed by atoms with E-state index in [2.05, 4.69) is 11.1 Å². The second-order valence-corrected chi connectivity index (χ2v) is 14.9. The molecule has 0 N–H and O–H groups in total. The Balaban J connectivity index is 1.78. The zero-order valence-electron chi connectivity index (χ0n) is 26.3. The number of alkyl halides is 2. The Bertz CT molecular complexity index is 1610. The van der Waals surface area contributed by atoms with Crippen LogP contribution in [0.15, 0.2) is 48.7 Å². The summed E-state index contributed by atoms with van der Waals surface area (Å²) in [5.41, 5.74) is 1.26. The van der Waals surface area contributed by atoms with Crippen LogP contribution in [0.2, 0.25) is 0 Å². The summed E-state index contributed by atoms with van der Waals surface area (Å²) in [5, 5.41) is 9.44. The van der Waals surface area contributed by atoms with Gasteiger partial charge in [0.1, 0.15) is 10.3 Å². The average Bonchev–Trinajstić information content (AvgIpc) is 3.12. The maximum atomic E-state index is 15.9. The van der Waals surface area contributed by atoms with Gasteiger partial charge in [-0.3, -0.25) is 9.78 Å². The van der Waals surface area contributed by atoms with Crippen LogP contribution in [0.5, 0.6) is 0 Å². The number of amides is 1. The minimum Gasteiger partial charge on any atom is -0.466 e. The number of nitrogens with zero attached hydrogens (tertiary/aromatic N) is 3. The first-order valence-corrected chi connectivity index (χ1v) is 16.4. The van der Waals surface area contributed by atoms with Crippen LogP contribution in [0.25, 0.3) is 17.2 Å². The molecule has 0 spiro atoms. The highest BCUT2D eigenvalue weighted by Crippen LogP contribution is 2.61. The Labute approximate surface area is 263 Å². The quantitative estimate of drug-likeness (QED) is 0.309. The van der Waals surface area contributed by atoms with Crippen molar-refractivity contribution in [2.45, 2.75) is 83.1 Å². The fourth-order valence-corrected chi connectivity index (χ4v) is 9.33. The standard InChI is InChI=1S/C33H39F2N3O6S/c1-7-43-28(39)16-17-32-20-33(34,35)21(2)26(29(32)22(3)38(45(32,41)42)30(40)44-31(4,5)6)15-14-25-13-12-24(19-37-25)27-11-9-8-10-23(27)18-36/h8-15,19,21-22,26,29H,7,16-17,20H2,1-6H3/b15-14+/t21-,22+,26-,29-,32+/m0/s1. The van der Waals surface area contributed by atoms with E-state index in [0.29, 0.717) is 26.7 Å². The van der Waals surface area contributed by atoms with E-state index >= 15 is 8.78 Å². The Hall–Kier alpha value is -3.85. The van der Waals surface area contributed by atoms with E-state index in [1.54, 1.807) is 76.4 Å². The molecular formula is C33H39F2N3O6S. The lowest BCUT2D eigenvalue weighted by molar-refractivity contribution is -0.146. The van der Waals surface area contributed by atoms with E-state index in [-0.39, 0.29) is 6.61 Å². The van der Waals surface area contributed by atoms with Gasteiger partial charge in [-0.25, -0.2) is 26.3 Å². The molecule has 0 unspecified atom stereocenters. The number of carbonyl (C=O) groups is 2. The van der Waals surface area contributed by atoms with E-state index in [1.807, 2.05) is 0 Å². The summed E-state index contributed by atoms with van der Waals surface area (Å²) in [6, 6.07) is 11.6. The summed E-state index contributed by atoms with van der Waals surface area (Å²) >= 11 is 0. The van der Waals surface area contributed by atoms with Crippen molar-refractivity contribution in [2.75, 3.05) is 6.61 Å². The summed E-state index contributed by atoms with van der Waals surface area (Å²) in [5.74, 6) is -7.46. The summed E-state index contributed by atoms with van der Waals surface area (Å²) < 4.78 is 69.3. The van der Waals surface area contributed by atoms with Gasteiger partial charge in [-0.1, -0.05) is 37.3 Å². The highest BCUT2D eigenvalue weighted by atomic mass is 32.2. The Morgan fingerprint density at radius 3 is 2.47 bits per heavy atom. The molecule has 0 bridgehead atoms. The molecule has 2 aliphatic rings. The van der Waals surface area contributed by atoms with Crippen molar-refractivity contribution in [3.05, 3.63) is 59.9 Å². The van der Waals surface area contributed by atoms with Gasteiger partial charge in [0.25, 0.3) is 5.92 Å². The Kier molecular flexibility index (Phi) is 9.46. The minimum absolute atomic E-state index is 0.0505. The zero-order valence-corrected chi connectivity index (χ0v) is 27.1. The summed E-state index contributed by atoms with van der Waals surface area (Å²) in [6.45, 7) is 9.29. The van der Waals surface area contributed by atoms with E-state index in [4.69, 9.17) is 9.47 Å². The molecule has 1 amide bonds. The van der Waals surface area contributed by atoms with Gasteiger partial charge < -0.3 is 9.47 Å². The SMILES string of the molecule is CCOC(=O)CC[C@@]12CC(F)(F)[C@@H](C)[C@H](/C=C/c3ccc(-c4ccccc4C#N)cn3)[C@@H]1[C@@H](C)N(C(=O)OC(C)(C)C)S2(=O)=O. The fraction of sp³-hybridized carbons (Fsp3) is 0.515. The highest BCUT2D eigenvalue weighted by Gasteiger charge is 2.72. The summed E-state index contributed by atoms with van der Waals surface area (Å²) in [7, 11) is -4.74. The number of carbonyl (C=O) groups excluding carboxylic acids is 2. The first kappa shape index (κ1) is 34.0. The van der Waals surface area contributed by atoms with E-state index in [9.17, 15) is 23.3 Å². The number of pyridine rings is 1. The molecule has 12 heteroatoms. The first-order chi connectivity index (χ1) is 21.0. The molecule has 1 aromatic heterocycles. The van der Waals surface area contributed by atoms with Crippen molar-refractivity contribution in [1.82, 2.24) is 9.29 Å². The van der Waals surface area contributed by atoms with Gasteiger partial charge >= 0.3 is 12.1 Å². The predicted molar refractivity (Wildman–Crippen MR) is 164 cm³/mol. The van der Waals surface area contributed by atoms with Crippen molar-refractivity contribution < 1.29 is 36.3 Å². The number of allylic oxidation sites excluding steroid dienone is 1. The molecule has 2 fully saturated rings. The molecule has 242 valence electrons. The third kappa shape index (κ3) is 6.45. The molecule has 9 nitrogen and oxygen atoms in total. The lowest BCUT2D eigenvalue weighted by atomic mass is 9.61. The van der Waals surface area contributed by atoms with Gasteiger partial charge in [0.15, 0.2) is 0 Å². The van der Waals surface area contributed by atoms with E-state index in [1.165, 1.54) is 19.9 Å². The molecule has 4 rings (SSSR count). The van der Waals surface area contributed by atoms with Gasteiger partial charge in [-0.15, -0.1) is 0 Å². The number of benzene rings is 1. The number of hydrogen-bond acceptors (Lipinski definition) is 8. The Morgan fingerprint density at radius 1 is 1.18 bits per heavy atom. The Morgan fingerprint density at radius 2 is 1.87 bits per heavy atom. The maximum absolute atomic E-state index is 15.9. The van der Waals surface area contributed by atoms with Crippen LogP contribution in [-0.2, 0) is 24.3 Å². The molecular weight excluding hydrogens is 604 g/mol. The van der Waals surface area contributed by atoms with Gasteiger partial charge in [0.05, 0.1) is 30.0 Å². The minimum atomic E-state index is -4.74. The second-order valence-electron chi connectivity index (χ2n) is 12.7. The van der Waals surface area contributed by atoms with Crippen molar-refractivity contribution in [2.24, 2.45) is 17.8 Å². The maximum Gasteiger partial charge on any atom is 0.424 e. The number of sulfonamides is 1. The van der Waals surface area contributed by atoms with Crippen molar-refractivity contribution in [3.63, 3.8) is 0 Å². The zero-order chi connectivity index (χ0) is 33.4. The molecule has 2 heterocycles. The first-order valence-electron chi connectivity index (χ1n) is 14.9. The number of ether oxygens (including phenoxy) is 2. The van der Waals surface area contributed by atoms with Gasteiger partial charge in [0.2, 0.25) is 10.0 Å². The normalized spacial score (nSPS) is 27.0. The third-order valence-corrected chi connectivity index (χ3v) is 11.4. The summed E-state index contributed by atoms with van der Waals surface area (Å²) in [4.78, 5) is 30.2. The lowest BCUT2D eigenvalue weighted by Crippen LogP contribution is -2.57. The number of rotatable bonds is 7. The monoisotopic (exact) mass is 643 g/mol.